The zero-order valence-electron chi connectivity index (χ0n) is 10.1. The van der Waals surface area contributed by atoms with Crippen LogP contribution in [-0.2, 0) is 11.3 Å². The lowest BCUT2D eigenvalue weighted by Crippen LogP contribution is -2.25. The molecule has 0 spiro atoms. The zero-order valence-corrected chi connectivity index (χ0v) is 10.1. The van der Waals surface area contributed by atoms with E-state index >= 15 is 0 Å². The van der Waals surface area contributed by atoms with Crippen LogP contribution >= 0.6 is 0 Å². The van der Waals surface area contributed by atoms with E-state index in [0.29, 0.717) is 23.7 Å². The molecule has 19 heavy (non-hydrogen) atoms. The van der Waals surface area contributed by atoms with E-state index in [4.69, 9.17) is 10.5 Å². The van der Waals surface area contributed by atoms with Crippen LogP contribution in [0.15, 0.2) is 24.4 Å². The molecule has 0 saturated heterocycles. The number of nitrogen functional groups attached to an aromatic ring is 1. The second kappa shape index (κ2) is 4.52. The number of fused-ring (bicyclic) bond motifs is 1. The van der Waals surface area contributed by atoms with Crippen molar-refractivity contribution in [2.24, 2.45) is 0 Å². The maximum atomic E-state index is 11.3. The number of anilines is 3. The highest BCUT2D eigenvalue weighted by molar-refractivity contribution is 5.97. The third-order valence-corrected chi connectivity index (χ3v) is 2.81. The van der Waals surface area contributed by atoms with E-state index in [1.165, 1.54) is 0 Å². The minimum Gasteiger partial charge on any atom is -0.482 e. The lowest BCUT2D eigenvalue weighted by molar-refractivity contribution is -0.118. The molecule has 0 fully saturated rings. The standard InChI is InChI=1S/C12H13N5O2/c13-8-3-11-10(16-12(18)6-19-11)4-9(8)14-5-7-1-2-15-17-7/h1-4,14H,5-6,13H2,(H,15,17)(H,16,18). The molecule has 98 valence electrons. The van der Waals surface area contributed by atoms with Crippen molar-refractivity contribution in [2.45, 2.75) is 6.54 Å². The molecular formula is C12H13N5O2. The number of amides is 1. The fourth-order valence-corrected chi connectivity index (χ4v) is 1.87. The first kappa shape index (κ1) is 11.4. The van der Waals surface area contributed by atoms with E-state index < -0.39 is 0 Å². The predicted molar refractivity (Wildman–Crippen MR) is 70.9 cm³/mol. The molecule has 1 aliphatic rings. The van der Waals surface area contributed by atoms with Crippen molar-refractivity contribution in [1.29, 1.82) is 0 Å². The summed E-state index contributed by atoms with van der Waals surface area (Å²) in [6.07, 6.45) is 1.68. The minimum absolute atomic E-state index is 0.0212. The zero-order chi connectivity index (χ0) is 13.2. The second-order valence-electron chi connectivity index (χ2n) is 4.21. The molecule has 0 atom stereocenters. The van der Waals surface area contributed by atoms with Gasteiger partial charge in [-0.1, -0.05) is 0 Å². The highest BCUT2D eigenvalue weighted by atomic mass is 16.5. The van der Waals surface area contributed by atoms with Gasteiger partial charge < -0.3 is 21.1 Å². The van der Waals surface area contributed by atoms with Crippen LogP contribution in [0.2, 0.25) is 0 Å². The van der Waals surface area contributed by atoms with Crippen molar-refractivity contribution in [3.05, 3.63) is 30.1 Å². The maximum absolute atomic E-state index is 11.3. The first-order valence-corrected chi connectivity index (χ1v) is 5.80. The summed E-state index contributed by atoms with van der Waals surface area (Å²) in [5, 5.41) is 12.6. The molecule has 1 aromatic heterocycles. The quantitative estimate of drug-likeness (QED) is 0.614. The van der Waals surface area contributed by atoms with E-state index in [9.17, 15) is 4.79 Å². The van der Waals surface area contributed by atoms with Gasteiger partial charge in [0.1, 0.15) is 5.75 Å². The number of nitrogens with one attached hydrogen (secondary N) is 3. The minimum atomic E-state index is -0.170. The van der Waals surface area contributed by atoms with Gasteiger partial charge in [0.2, 0.25) is 0 Å². The highest BCUT2D eigenvalue weighted by Gasteiger charge is 2.17. The Kier molecular flexibility index (Phi) is 2.71. The van der Waals surface area contributed by atoms with Crippen LogP contribution in [0.1, 0.15) is 5.69 Å². The SMILES string of the molecule is Nc1cc2c(cc1NCc1ccn[nH]1)NC(=O)CO2. The summed E-state index contributed by atoms with van der Waals surface area (Å²) in [6.45, 7) is 0.588. The molecule has 0 aliphatic carbocycles. The molecule has 5 N–H and O–H groups in total. The summed E-state index contributed by atoms with van der Waals surface area (Å²) < 4.78 is 5.29. The number of aromatic nitrogens is 2. The number of rotatable bonds is 3. The van der Waals surface area contributed by atoms with Gasteiger partial charge in [0, 0.05) is 12.3 Å². The maximum Gasteiger partial charge on any atom is 0.262 e. The number of nitrogens with two attached hydrogens (primary N) is 1. The van der Waals surface area contributed by atoms with Gasteiger partial charge in [0.15, 0.2) is 6.61 Å². The van der Waals surface area contributed by atoms with Gasteiger partial charge in [0.25, 0.3) is 5.91 Å². The number of aromatic amines is 1. The summed E-state index contributed by atoms with van der Waals surface area (Å²) in [7, 11) is 0. The molecule has 2 heterocycles. The number of H-pyrrole nitrogens is 1. The smallest absolute Gasteiger partial charge is 0.262 e. The fraction of sp³-hybridized carbons (Fsp3) is 0.167. The number of benzene rings is 1. The molecule has 0 bridgehead atoms. The Morgan fingerprint density at radius 1 is 1.47 bits per heavy atom. The van der Waals surface area contributed by atoms with Gasteiger partial charge in [0.05, 0.1) is 29.3 Å². The molecule has 1 amide bonds. The van der Waals surface area contributed by atoms with E-state index in [-0.39, 0.29) is 12.5 Å². The number of carbonyl (C=O) groups is 1. The molecule has 2 aromatic rings. The summed E-state index contributed by atoms with van der Waals surface area (Å²) in [4.78, 5) is 11.3. The molecule has 7 nitrogen and oxygen atoms in total. The summed E-state index contributed by atoms with van der Waals surface area (Å²) in [5.74, 6) is 0.418. The van der Waals surface area contributed by atoms with Crippen LogP contribution in [0.5, 0.6) is 5.75 Å². The van der Waals surface area contributed by atoms with Crippen molar-refractivity contribution in [3.63, 3.8) is 0 Å². The average Bonchev–Trinajstić information content (AvgIpc) is 2.90. The molecule has 1 aromatic carbocycles. The van der Waals surface area contributed by atoms with Gasteiger partial charge in [-0.3, -0.25) is 9.89 Å². The molecular weight excluding hydrogens is 246 g/mol. The Bertz CT molecular complexity index is 609. The predicted octanol–water partition coefficient (Wildman–Crippen LogP) is 0.935. The van der Waals surface area contributed by atoms with Crippen molar-refractivity contribution in [1.82, 2.24) is 10.2 Å². The number of hydrogen-bond donors (Lipinski definition) is 4. The van der Waals surface area contributed by atoms with Gasteiger partial charge in [-0.2, -0.15) is 5.10 Å². The number of ether oxygens (including phenoxy) is 1. The Morgan fingerprint density at radius 2 is 2.37 bits per heavy atom. The van der Waals surface area contributed by atoms with Crippen LogP contribution in [0.4, 0.5) is 17.1 Å². The molecule has 0 saturated carbocycles. The topological polar surface area (TPSA) is 105 Å². The van der Waals surface area contributed by atoms with Crippen LogP contribution in [-0.4, -0.2) is 22.7 Å². The average molecular weight is 259 g/mol. The first-order valence-electron chi connectivity index (χ1n) is 5.80. The Labute approximate surface area is 109 Å². The normalized spacial score (nSPS) is 13.4. The van der Waals surface area contributed by atoms with Crippen LogP contribution < -0.4 is 21.1 Å². The van der Waals surface area contributed by atoms with Gasteiger partial charge in [-0.05, 0) is 12.1 Å². The first-order chi connectivity index (χ1) is 9.22. The largest absolute Gasteiger partial charge is 0.482 e. The molecule has 3 rings (SSSR count). The van der Waals surface area contributed by atoms with Crippen LogP contribution in [0.25, 0.3) is 0 Å². The lowest BCUT2D eigenvalue weighted by Gasteiger charge is -2.20. The van der Waals surface area contributed by atoms with Crippen molar-refractivity contribution in [2.75, 3.05) is 23.0 Å². The van der Waals surface area contributed by atoms with E-state index in [0.717, 1.165) is 11.4 Å². The number of carbonyl (C=O) groups excluding carboxylic acids is 1. The number of hydrogen-bond acceptors (Lipinski definition) is 5. The van der Waals surface area contributed by atoms with Gasteiger partial charge in [-0.15, -0.1) is 0 Å². The van der Waals surface area contributed by atoms with E-state index in [2.05, 4.69) is 20.8 Å². The monoisotopic (exact) mass is 259 g/mol. The Hall–Kier alpha value is -2.70. The Morgan fingerprint density at radius 3 is 3.16 bits per heavy atom. The summed E-state index contributed by atoms with van der Waals surface area (Å²) >= 11 is 0. The molecule has 7 heteroatoms. The van der Waals surface area contributed by atoms with Crippen LogP contribution in [0.3, 0.4) is 0 Å². The molecule has 0 unspecified atom stereocenters. The second-order valence-corrected chi connectivity index (χ2v) is 4.21. The van der Waals surface area contributed by atoms with Crippen molar-refractivity contribution < 1.29 is 9.53 Å². The number of nitrogens with zero attached hydrogens (tertiary/aromatic N) is 1. The summed E-state index contributed by atoms with van der Waals surface area (Å²) in [5.41, 5.74) is 8.80. The van der Waals surface area contributed by atoms with E-state index in [1.807, 2.05) is 6.07 Å². The van der Waals surface area contributed by atoms with Crippen LogP contribution in [0, 0.1) is 0 Å². The summed E-state index contributed by atoms with van der Waals surface area (Å²) in [6, 6.07) is 5.33. The fourth-order valence-electron chi connectivity index (χ4n) is 1.87. The van der Waals surface area contributed by atoms with Gasteiger partial charge >= 0.3 is 0 Å². The van der Waals surface area contributed by atoms with Gasteiger partial charge in [-0.25, -0.2) is 0 Å². The van der Waals surface area contributed by atoms with Crippen molar-refractivity contribution in [3.8, 4) is 5.75 Å². The van der Waals surface area contributed by atoms with E-state index in [1.54, 1.807) is 18.3 Å². The third kappa shape index (κ3) is 2.30. The third-order valence-electron chi connectivity index (χ3n) is 2.81. The molecule has 1 aliphatic heterocycles. The molecule has 0 radical (unpaired) electrons. The Balaban J connectivity index is 1.81. The highest BCUT2D eigenvalue weighted by Crippen LogP contribution is 2.35. The van der Waals surface area contributed by atoms with Crippen molar-refractivity contribution >= 4 is 23.0 Å². The lowest BCUT2D eigenvalue weighted by atomic mass is 10.2.